The molecule has 4 rings (SSSR count). The van der Waals surface area contributed by atoms with Crippen LogP contribution in [0.5, 0.6) is 5.75 Å². The zero-order valence-electron chi connectivity index (χ0n) is 12.4. The average molecular weight is 346 g/mol. The number of hydrogen-bond donors (Lipinski definition) is 1. The van der Waals surface area contributed by atoms with Crippen molar-refractivity contribution in [2.24, 2.45) is 0 Å². The smallest absolute Gasteiger partial charge is 0.261 e. The summed E-state index contributed by atoms with van der Waals surface area (Å²) < 4.78 is 6.96. The van der Waals surface area contributed by atoms with E-state index in [-0.39, 0.29) is 18.0 Å². The monoisotopic (exact) mass is 345 g/mol. The average Bonchev–Trinajstić information content (AvgIpc) is 2.98. The van der Waals surface area contributed by atoms with Gasteiger partial charge in [0.05, 0.1) is 24.8 Å². The molecule has 0 spiro atoms. The van der Waals surface area contributed by atoms with Crippen LogP contribution >= 0.6 is 11.6 Å². The SMILES string of the molecule is O=C(Cn1ncc2c(=O)[nH]cnc21)N1CCOc2ccc(Cl)cc21. The maximum absolute atomic E-state index is 12.7. The second-order valence-electron chi connectivity index (χ2n) is 5.28. The molecule has 0 atom stereocenters. The summed E-state index contributed by atoms with van der Waals surface area (Å²) in [6.45, 7) is 0.781. The molecule has 9 heteroatoms. The molecule has 1 N–H and O–H groups in total. The third kappa shape index (κ3) is 2.41. The lowest BCUT2D eigenvalue weighted by molar-refractivity contribution is -0.119. The lowest BCUT2D eigenvalue weighted by Gasteiger charge is -2.29. The lowest BCUT2D eigenvalue weighted by Crippen LogP contribution is -2.40. The quantitative estimate of drug-likeness (QED) is 0.753. The zero-order valence-corrected chi connectivity index (χ0v) is 13.2. The summed E-state index contributed by atoms with van der Waals surface area (Å²) >= 11 is 6.03. The number of fused-ring (bicyclic) bond motifs is 2. The highest BCUT2D eigenvalue weighted by Crippen LogP contribution is 2.34. The molecule has 122 valence electrons. The number of carbonyl (C=O) groups excluding carboxylic acids is 1. The van der Waals surface area contributed by atoms with E-state index < -0.39 is 0 Å². The minimum absolute atomic E-state index is 0.0358. The summed E-state index contributed by atoms with van der Waals surface area (Å²) in [6, 6.07) is 5.14. The summed E-state index contributed by atoms with van der Waals surface area (Å²) in [7, 11) is 0. The molecule has 1 aliphatic heterocycles. The number of hydrogen-bond acceptors (Lipinski definition) is 5. The van der Waals surface area contributed by atoms with Gasteiger partial charge in [0.1, 0.15) is 24.3 Å². The van der Waals surface area contributed by atoms with Crippen LogP contribution in [-0.4, -0.2) is 38.8 Å². The first kappa shape index (κ1) is 14.7. The van der Waals surface area contributed by atoms with Gasteiger partial charge in [-0.05, 0) is 18.2 Å². The van der Waals surface area contributed by atoms with Crippen LogP contribution in [0.3, 0.4) is 0 Å². The van der Waals surface area contributed by atoms with Gasteiger partial charge in [-0.2, -0.15) is 5.10 Å². The van der Waals surface area contributed by atoms with Crippen molar-refractivity contribution < 1.29 is 9.53 Å². The number of nitrogens with zero attached hydrogens (tertiary/aromatic N) is 4. The van der Waals surface area contributed by atoms with Crippen molar-refractivity contribution in [3.05, 3.63) is 46.1 Å². The predicted molar refractivity (Wildman–Crippen MR) is 87.4 cm³/mol. The zero-order chi connectivity index (χ0) is 16.7. The molecule has 8 nitrogen and oxygen atoms in total. The van der Waals surface area contributed by atoms with Crippen LogP contribution in [0, 0.1) is 0 Å². The molecule has 0 saturated heterocycles. The summed E-state index contributed by atoms with van der Waals surface area (Å²) in [5.41, 5.74) is 0.704. The number of rotatable bonds is 2. The van der Waals surface area contributed by atoms with Gasteiger partial charge in [0.25, 0.3) is 5.56 Å². The van der Waals surface area contributed by atoms with E-state index in [4.69, 9.17) is 16.3 Å². The second-order valence-corrected chi connectivity index (χ2v) is 5.71. The normalized spacial score (nSPS) is 13.6. The molecule has 1 aromatic carbocycles. The molecule has 24 heavy (non-hydrogen) atoms. The van der Waals surface area contributed by atoms with Gasteiger partial charge in [-0.15, -0.1) is 0 Å². The molecule has 1 amide bonds. The molecular formula is C15H12ClN5O3. The number of H-pyrrole nitrogens is 1. The van der Waals surface area contributed by atoms with Crippen molar-refractivity contribution in [3.8, 4) is 5.75 Å². The number of halogens is 1. The van der Waals surface area contributed by atoms with Crippen molar-refractivity contribution in [1.82, 2.24) is 19.7 Å². The van der Waals surface area contributed by atoms with Crippen molar-refractivity contribution >= 4 is 34.2 Å². The standard InChI is InChI=1S/C15H12ClN5O3/c16-9-1-2-12-11(5-9)20(3-4-24-12)13(22)7-21-14-10(6-19-21)15(23)18-8-17-14/h1-2,5-6,8H,3-4,7H2,(H,17,18,23). The first-order valence-electron chi connectivity index (χ1n) is 7.25. The Morgan fingerprint density at radius 3 is 3.17 bits per heavy atom. The Balaban J connectivity index is 1.67. The van der Waals surface area contributed by atoms with Crippen LogP contribution in [0.1, 0.15) is 0 Å². The van der Waals surface area contributed by atoms with Crippen molar-refractivity contribution in [2.75, 3.05) is 18.1 Å². The van der Waals surface area contributed by atoms with E-state index in [9.17, 15) is 9.59 Å². The fourth-order valence-electron chi connectivity index (χ4n) is 2.68. The highest BCUT2D eigenvalue weighted by Gasteiger charge is 2.25. The van der Waals surface area contributed by atoms with Gasteiger partial charge in [0.15, 0.2) is 5.65 Å². The lowest BCUT2D eigenvalue weighted by atomic mass is 10.2. The fourth-order valence-corrected chi connectivity index (χ4v) is 2.85. The van der Waals surface area contributed by atoms with Crippen molar-refractivity contribution in [2.45, 2.75) is 6.54 Å². The molecule has 2 aromatic heterocycles. The van der Waals surface area contributed by atoms with Gasteiger partial charge in [-0.25, -0.2) is 9.67 Å². The van der Waals surface area contributed by atoms with E-state index in [0.29, 0.717) is 40.6 Å². The second kappa shape index (κ2) is 5.64. The van der Waals surface area contributed by atoms with E-state index in [1.807, 2.05) is 0 Å². The molecular weight excluding hydrogens is 334 g/mol. The van der Waals surface area contributed by atoms with Crippen LogP contribution in [0.4, 0.5) is 5.69 Å². The van der Waals surface area contributed by atoms with Gasteiger partial charge in [0.2, 0.25) is 5.91 Å². The summed E-state index contributed by atoms with van der Waals surface area (Å²) in [5.74, 6) is 0.424. The molecule has 3 aromatic rings. The number of aromatic amines is 1. The Bertz CT molecular complexity index is 996. The van der Waals surface area contributed by atoms with Crippen molar-refractivity contribution in [1.29, 1.82) is 0 Å². The van der Waals surface area contributed by atoms with E-state index >= 15 is 0 Å². The Morgan fingerprint density at radius 1 is 1.42 bits per heavy atom. The topological polar surface area (TPSA) is 93.1 Å². The number of aromatic nitrogens is 4. The fraction of sp³-hybridized carbons (Fsp3) is 0.200. The Labute approximate surface area is 140 Å². The van der Waals surface area contributed by atoms with Crippen molar-refractivity contribution in [3.63, 3.8) is 0 Å². The van der Waals surface area contributed by atoms with Gasteiger partial charge >= 0.3 is 0 Å². The van der Waals surface area contributed by atoms with E-state index in [1.165, 1.54) is 17.2 Å². The highest BCUT2D eigenvalue weighted by molar-refractivity contribution is 6.31. The minimum atomic E-state index is -0.290. The Kier molecular flexibility index (Phi) is 3.46. The van der Waals surface area contributed by atoms with E-state index in [0.717, 1.165) is 0 Å². The molecule has 0 aliphatic carbocycles. The molecule has 3 heterocycles. The van der Waals surface area contributed by atoms with E-state index in [2.05, 4.69) is 15.1 Å². The minimum Gasteiger partial charge on any atom is -0.490 e. The maximum atomic E-state index is 12.7. The molecule has 0 radical (unpaired) electrons. The maximum Gasteiger partial charge on any atom is 0.261 e. The molecule has 0 unspecified atom stereocenters. The number of carbonyl (C=O) groups is 1. The van der Waals surface area contributed by atoms with Gasteiger partial charge in [-0.1, -0.05) is 11.6 Å². The van der Waals surface area contributed by atoms with E-state index in [1.54, 1.807) is 23.1 Å². The number of ether oxygens (including phenoxy) is 1. The third-order valence-corrected chi connectivity index (χ3v) is 4.04. The highest BCUT2D eigenvalue weighted by atomic mass is 35.5. The Morgan fingerprint density at radius 2 is 2.29 bits per heavy atom. The van der Waals surface area contributed by atoms with Gasteiger partial charge in [-0.3, -0.25) is 9.59 Å². The van der Waals surface area contributed by atoms with Crippen LogP contribution < -0.4 is 15.2 Å². The largest absolute Gasteiger partial charge is 0.490 e. The molecule has 1 aliphatic rings. The van der Waals surface area contributed by atoms with Crippen LogP contribution in [-0.2, 0) is 11.3 Å². The van der Waals surface area contributed by atoms with Crippen LogP contribution in [0.25, 0.3) is 11.0 Å². The number of benzene rings is 1. The number of amides is 1. The number of anilines is 1. The summed E-state index contributed by atoms with van der Waals surface area (Å²) in [5, 5.41) is 4.96. The van der Waals surface area contributed by atoms with Gasteiger partial charge < -0.3 is 14.6 Å². The predicted octanol–water partition coefficient (Wildman–Crippen LogP) is 1.20. The molecule has 0 bridgehead atoms. The Hall–Kier alpha value is -2.87. The van der Waals surface area contributed by atoms with Gasteiger partial charge in [0, 0.05) is 5.02 Å². The van der Waals surface area contributed by atoms with Crippen LogP contribution in [0.15, 0.2) is 35.5 Å². The summed E-state index contributed by atoms with van der Waals surface area (Å²) in [6.07, 6.45) is 2.69. The van der Waals surface area contributed by atoms with Crippen LogP contribution in [0.2, 0.25) is 5.02 Å². The first-order chi connectivity index (χ1) is 11.6. The number of nitrogens with one attached hydrogen (secondary N) is 1. The molecule has 0 saturated carbocycles. The first-order valence-corrected chi connectivity index (χ1v) is 7.63. The third-order valence-electron chi connectivity index (χ3n) is 3.81. The molecule has 0 fully saturated rings. The summed E-state index contributed by atoms with van der Waals surface area (Å²) in [4.78, 5) is 32.6.